The van der Waals surface area contributed by atoms with Gasteiger partial charge in [0.05, 0.1) is 11.7 Å². The average Bonchev–Trinajstić information content (AvgIpc) is 2.40. The van der Waals surface area contributed by atoms with E-state index in [1.807, 2.05) is 6.07 Å². The first-order valence-corrected chi connectivity index (χ1v) is 5.66. The van der Waals surface area contributed by atoms with Crippen molar-refractivity contribution < 1.29 is 9.90 Å². The summed E-state index contributed by atoms with van der Waals surface area (Å²) in [5, 5.41) is 12.2. The molecule has 0 aliphatic carbocycles. The van der Waals surface area contributed by atoms with Gasteiger partial charge in [-0.2, -0.15) is 0 Å². The van der Waals surface area contributed by atoms with Gasteiger partial charge in [0, 0.05) is 18.1 Å². The SMILES string of the molecule is CC(O)c1cccc(NC(=O)c2cccnc2)c1. The first-order chi connectivity index (χ1) is 8.66. The Hall–Kier alpha value is -2.20. The van der Waals surface area contributed by atoms with Gasteiger partial charge < -0.3 is 10.4 Å². The zero-order valence-electron chi connectivity index (χ0n) is 10.00. The topological polar surface area (TPSA) is 62.2 Å². The first-order valence-electron chi connectivity index (χ1n) is 5.66. The lowest BCUT2D eigenvalue weighted by atomic mass is 10.1. The highest BCUT2D eigenvalue weighted by molar-refractivity contribution is 6.04. The minimum Gasteiger partial charge on any atom is -0.389 e. The summed E-state index contributed by atoms with van der Waals surface area (Å²) in [5.74, 6) is -0.217. The van der Waals surface area contributed by atoms with E-state index >= 15 is 0 Å². The van der Waals surface area contributed by atoms with Gasteiger partial charge in [-0.25, -0.2) is 0 Å². The van der Waals surface area contributed by atoms with Crippen molar-refractivity contribution in [2.75, 3.05) is 5.32 Å². The van der Waals surface area contributed by atoms with Gasteiger partial charge in [0.15, 0.2) is 0 Å². The maximum absolute atomic E-state index is 11.9. The quantitative estimate of drug-likeness (QED) is 0.868. The maximum atomic E-state index is 11.9. The summed E-state index contributed by atoms with van der Waals surface area (Å²) in [5.41, 5.74) is 1.92. The number of nitrogens with one attached hydrogen (secondary N) is 1. The van der Waals surface area contributed by atoms with Crippen LogP contribution in [0.3, 0.4) is 0 Å². The molecule has 0 radical (unpaired) electrons. The highest BCUT2D eigenvalue weighted by atomic mass is 16.3. The lowest BCUT2D eigenvalue weighted by molar-refractivity contribution is 0.102. The van der Waals surface area contributed by atoms with E-state index in [1.54, 1.807) is 43.5 Å². The van der Waals surface area contributed by atoms with Gasteiger partial charge in [0.25, 0.3) is 5.91 Å². The van der Waals surface area contributed by atoms with Crippen LogP contribution < -0.4 is 5.32 Å². The number of nitrogens with zero attached hydrogens (tertiary/aromatic N) is 1. The summed E-state index contributed by atoms with van der Waals surface area (Å²) in [6.45, 7) is 1.68. The Morgan fingerprint density at radius 1 is 1.33 bits per heavy atom. The molecular formula is C14H14N2O2. The third-order valence-electron chi connectivity index (χ3n) is 2.55. The van der Waals surface area contributed by atoms with Crippen LogP contribution in [0.2, 0.25) is 0 Å². The Labute approximate surface area is 105 Å². The van der Waals surface area contributed by atoms with Gasteiger partial charge in [-0.3, -0.25) is 9.78 Å². The summed E-state index contributed by atoms with van der Waals surface area (Å²) < 4.78 is 0. The van der Waals surface area contributed by atoms with E-state index in [1.165, 1.54) is 6.20 Å². The molecule has 1 atom stereocenters. The number of pyridine rings is 1. The van der Waals surface area contributed by atoms with E-state index in [0.29, 0.717) is 11.3 Å². The van der Waals surface area contributed by atoms with Crippen molar-refractivity contribution in [3.8, 4) is 0 Å². The number of hydrogen-bond acceptors (Lipinski definition) is 3. The molecule has 1 aromatic heterocycles. The fourth-order valence-electron chi connectivity index (χ4n) is 1.58. The first kappa shape index (κ1) is 12.3. The predicted octanol–water partition coefficient (Wildman–Crippen LogP) is 2.39. The molecule has 4 nitrogen and oxygen atoms in total. The monoisotopic (exact) mass is 242 g/mol. The fraction of sp³-hybridized carbons (Fsp3) is 0.143. The molecule has 0 fully saturated rings. The Morgan fingerprint density at radius 2 is 2.17 bits per heavy atom. The number of carbonyl (C=O) groups excluding carboxylic acids is 1. The maximum Gasteiger partial charge on any atom is 0.257 e. The number of carbonyl (C=O) groups is 1. The molecule has 18 heavy (non-hydrogen) atoms. The number of amides is 1. The molecule has 0 saturated carbocycles. The minimum absolute atomic E-state index is 0.217. The summed E-state index contributed by atoms with van der Waals surface area (Å²) in [7, 11) is 0. The van der Waals surface area contributed by atoms with Crippen LogP contribution in [-0.2, 0) is 0 Å². The molecule has 2 aromatic rings. The summed E-state index contributed by atoms with van der Waals surface area (Å²) >= 11 is 0. The van der Waals surface area contributed by atoms with Crippen molar-refractivity contribution in [2.24, 2.45) is 0 Å². The third-order valence-corrected chi connectivity index (χ3v) is 2.55. The number of aliphatic hydroxyl groups is 1. The molecule has 0 aliphatic heterocycles. The highest BCUT2D eigenvalue weighted by Crippen LogP contribution is 2.17. The van der Waals surface area contributed by atoms with Gasteiger partial charge in [-0.15, -0.1) is 0 Å². The lowest BCUT2D eigenvalue weighted by Crippen LogP contribution is -2.12. The number of rotatable bonds is 3. The van der Waals surface area contributed by atoms with Gasteiger partial charge in [0.1, 0.15) is 0 Å². The van der Waals surface area contributed by atoms with Crippen molar-refractivity contribution in [3.05, 3.63) is 59.9 Å². The van der Waals surface area contributed by atoms with Crippen molar-refractivity contribution in [3.63, 3.8) is 0 Å². The number of aliphatic hydroxyl groups excluding tert-OH is 1. The van der Waals surface area contributed by atoms with E-state index in [4.69, 9.17) is 0 Å². The average molecular weight is 242 g/mol. The minimum atomic E-state index is -0.555. The second-order valence-electron chi connectivity index (χ2n) is 4.00. The second-order valence-corrected chi connectivity index (χ2v) is 4.00. The molecule has 1 aromatic carbocycles. The molecule has 0 saturated heterocycles. The molecule has 0 bridgehead atoms. The van der Waals surface area contributed by atoms with E-state index < -0.39 is 6.10 Å². The van der Waals surface area contributed by atoms with Crippen LogP contribution in [0.1, 0.15) is 28.9 Å². The van der Waals surface area contributed by atoms with Crippen LogP contribution in [0.15, 0.2) is 48.8 Å². The van der Waals surface area contributed by atoms with Crippen molar-refractivity contribution >= 4 is 11.6 Å². The van der Waals surface area contributed by atoms with E-state index in [-0.39, 0.29) is 5.91 Å². The highest BCUT2D eigenvalue weighted by Gasteiger charge is 2.07. The molecule has 1 unspecified atom stereocenters. The Balaban J connectivity index is 2.15. The molecular weight excluding hydrogens is 228 g/mol. The predicted molar refractivity (Wildman–Crippen MR) is 69.3 cm³/mol. The van der Waals surface area contributed by atoms with Crippen LogP contribution in [0.5, 0.6) is 0 Å². The van der Waals surface area contributed by atoms with Gasteiger partial charge in [0.2, 0.25) is 0 Å². The number of hydrogen-bond donors (Lipinski definition) is 2. The second kappa shape index (κ2) is 5.42. The van der Waals surface area contributed by atoms with Gasteiger partial charge in [-0.05, 0) is 36.8 Å². The van der Waals surface area contributed by atoms with Crippen LogP contribution >= 0.6 is 0 Å². The zero-order chi connectivity index (χ0) is 13.0. The number of aromatic nitrogens is 1. The summed E-state index contributed by atoms with van der Waals surface area (Å²) in [6, 6.07) is 10.5. The van der Waals surface area contributed by atoms with Crippen molar-refractivity contribution in [2.45, 2.75) is 13.0 Å². The molecule has 2 N–H and O–H groups in total. The Kier molecular flexibility index (Phi) is 3.69. The Morgan fingerprint density at radius 3 is 2.83 bits per heavy atom. The summed E-state index contributed by atoms with van der Waals surface area (Å²) in [4.78, 5) is 15.8. The summed E-state index contributed by atoms with van der Waals surface area (Å²) in [6.07, 6.45) is 2.57. The smallest absolute Gasteiger partial charge is 0.257 e. The van der Waals surface area contributed by atoms with Gasteiger partial charge >= 0.3 is 0 Å². The van der Waals surface area contributed by atoms with E-state index in [2.05, 4.69) is 10.3 Å². The Bertz CT molecular complexity index is 539. The largest absolute Gasteiger partial charge is 0.389 e. The van der Waals surface area contributed by atoms with E-state index in [0.717, 1.165) is 5.56 Å². The molecule has 1 heterocycles. The third kappa shape index (κ3) is 2.93. The molecule has 4 heteroatoms. The molecule has 0 spiro atoms. The van der Waals surface area contributed by atoms with Crippen LogP contribution in [0.25, 0.3) is 0 Å². The normalized spacial score (nSPS) is 11.9. The molecule has 2 rings (SSSR count). The zero-order valence-corrected chi connectivity index (χ0v) is 10.00. The molecule has 0 aliphatic rings. The molecule has 1 amide bonds. The van der Waals surface area contributed by atoms with Crippen LogP contribution in [0, 0.1) is 0 Å². The van der Waals surface area contributed by atoms with Crippen LogP contribution in [-0.4, -0.2) is 16.0 Å². The lowest BCUT2D eigenvalue weighted by Gasteiger charge is -2.08. The van der Waals surface area contributed by atoms with Crippen LogP contribution in [0.4, 0.5) is 5.69 Å². The number of benzene rings is 1. The van der Waals surface area contributed by atoms with Crippen molar-refractivity contribution in [1.82, 2.24) is 4.98 Å². The standard InChI is InChI=1S/C14H14N2O2/c1-10(17)11-4-2-6-13(8-11)16-14(18)12-5-3-7-15-9-12/h2-10,17H,1H3,(H,16,18). The van der Waals surface area contributed by atoms with Crippen molar-refractivity contribution in [1.29, 1.82) is 0 Å². The van der Waals surface area contributed by atoms with E-state index in [9.17, 15) is 9.90 Å². The fourth-order valence-corrected chi connectivity index (χ4v) is 1.58. The number of anilines is 1. The molecule has 92 valence electrons. The van der Waals surface area contributed by atoms with Gasteiger partial charge in [-0.1, -0.05) is 12.1 Å².